The van der Waals surface area contributed by atoms with Crippen molar-refractivity contribution < 1.29 is 19.8 Å². The number of carboxylic acid groups (broad SMARTS) is 2. The molecular weight excluding hydrogens is 186 g/mol. The minimum atomic E-state index is -0.911. The van der Waals surface area contributed by atoms with E-state index >= 15 is 0 Å². The van der Waals surface area contributed by atoms with Crippen LogP contribution >= 0.6 is 0 Å². The van der Waals surface area contributed by atoms with E-state index in [1.807, 2.05) is 0 Å². The fourth-order valence-electron chi connectivity index (χ4n) is 1.79. The molecule has 2 unspecified atom stereocenters. The van der Waals surface area contributed by atoms with Crippen LogP contribution < -0.4 is 5.32 Å². The van der Waals surface area contributed by atoms with E-state index in [1.165, 1.54) is 0 Å². The quantitative estimate of drug-likeness (QED) is 0.611. The van der Waals surface area contributed by atoms with E-state index in [-0.39, 0.29) is 0 Å². The SMILES string of the molecule is CC(C(=O)O)C1(C)CC[C@@H](C(=O)O)N1. The van der Waals surface area contributed by atoms with Crippen molar-refractivity contribution in [2.45, 2.75) is 38.3 Å². The molecule has 0 bridgehead atoms. The van der Waals surface area contributed by atoms with Gasteiger partial charge in [0.05, 0.1) is 5.92 Å². The van der Waals surface area contributed by atoms with Gasteiger partial charge in [0.2, 0.25) is 0 Å². The fraction of sp³-hybridized carbons (Fsp3) is 0.778. The predicted octanol–water partition coefficient (Wildman–Crippen LogP) is 0.302. The molecule has 0 aromatic carbocycles. The van der Waals surface area contributed by atoms with Crippen LogP contribution in [-0.2, 0) is 9.59 Å². The molecule has 1 fully saturated rings. The Kier molecular flexibility index (Phi) is 2.80. The Morgan fingerprint density at radius 2 is 2.07 bits per heavy atom. The summed E-state index contributed by atoms with van der Waals surface area (Å²) in [7, 11) is 0. The first kappa shape index (κ1) is 11.0. The number of carbonyl (C=O) groups is 2. The Bertz CT molecular complexity index is 266. The van der Waals surface area contributed by atoms with Gasteiger partial charge in [-0.1, -0.05) is 6.92 Å². The largest absolute Gasteiger partial charge is 0.481 e. The minimum Gasteiger partial charge on any atom is -0.481 e. The van der Waals surface area contributed by atoms with E-state index < -0.39 is 29.4 Å². The first-order valence-corrected chi connectivity index (χ1v) is 4.60. The molecule has 5 nitrogen and oxygen atoms in total. The highest BCUT2D eigenvalue weighted by molar-refractivity contribution is 5.75. The summed E-state index contributed by atoms with van der Waals surface area (Å²) in [5, 5.41) is 20.5. The maximum Gasteiger partial charge on any atom is 0.320 e. The van der Waals surface area contributed by atoms with Gasteiger partial charge in [0.25, 0.3) is 0 Å². The van der Waals surface area contributed by atoms with E-state index in [0.717, 1.165) is 0 Å². The minimum absolute atomic E-state index is 0.490. The van der Waals surface area contributed by atoms with Crippen molar-refractivity contribution in [1.29, 1.82) is 0 Å². The number of nitrogens with one attached hydrogen (secondary N) is 1. The van der Waals surface area contributed by atoms with E-state index in [1.54, 1.807) is 13.8 Å². The van der Waals surface area contributed by atoms with Crippen LogP contribution in [0, 0.1) is 5.92 Å². The Morgan fingerprint density at radius 1 is 1.50 bits per heavy atom. The van der Waals surface area contributed by atoms with E-state index in [9.17, 15) is 9.59 Å². The van der Waals surface area contributed by atoms with Gasteiger partial charge in [0, 0.05) is 5.54 Å². The number of hydrogen-bond acceptors (Lipinski definition) is 3. The van der Waals surface area contributed by atoms with E-state index in [4.69, 9.17) is 10.2 Å². The smallest absolute Gasteiger partial charge is 0.320 e. The third kappa shape index (κ3) is 1.87. The second kappa shape index (κ2) is 3.57. The van der Waals surface area contributed by atoms with Gasteiger partial charge in [-0.05, 0) is 19.8 Å². The van der Waals surface area contributed by atoms with Gasteiger partial charge in [0.15, 0.2) is 0 Å². The van der Waals surface area contributed by atoms with E-state index in [0.29, 0.717) is 12.8 Å². The van der Waals surface area contributed by atoms with Crippen LogP contribution in [-0.4, -0.2) is 33.7 Å². The Morgan fingerprint density at radius 3 is 2.43 bits per heavy atom. The molecule has 14 heavy (non-hydrogen) atoms. The fourth-order valence-corrected chi connectivity index (χ4v) is 1.79. The number of rotatable bonds is 3. The average molecular weight is 201 g/mol. The summed E-state index contributed by atoms with van der Waals surface area (Å²) in [5.41, 5.74) is -0.602. The highest BCUT2D eigenvalue weighted by atomic mass is 16.4. The third-order valence-corrected chi connectivity index (χ3v) is 3.08. The molecule has 0 spiro atoms. The van der Waals surface area contributed by atoms with Crippen LogP contribution in [0.3, 0.4) is 0 Å². The summed E-state index contributed by atoms with van der Waals surface area (Å²) in [6.45, 7) is 3.36. The van der Waals surface area contributed by atoms with Crippen molar-refractivity contribution in [2.24, 2.45) is 5.92 Å². The molecule has 0 amide bonds. The predicted molar refractivity (Wildman–Crippen MR) is 49.0 cm³/mol. The van der Waals surface area contributed by atoms with Gasteiger partial charge in [-0.15, -0.1) is 0 Å². The normalized spacial score (nSPS) is 34.0. The third-order valence-electron chi connectivity index (χ3n) is 3.08. The van der Waals surface area contributed by atoms with Gasteiger partial charge in [-0.2, -0.15) is 0 Å². The molecule has 0 saturated carbocycles. The molecule has 1 heterocycles. The van der Waals surface area contributed by atoms with Gasteiger partial charge in [-0.3, -0.25) is 14.9 Å². The van der Waals surface area contributed by atoms with Crippen molar-refractivity contribution in [3.8, 4) is 0 Å². The zero-order chi connectivity index (χ0) is 10.9. The van der Waals surface area contributed by atoms with Crippen LogP contribution in [0.4, 0.5) is 0 Å². The molecule has 0 aromatic rings. The maximum atomic E-state index is 10.8. The van der Waals surface area contributed by atoms with Gasteiger partial charge < -0.3 is 10.2 Å². The number of aliphatic carboxylic acids is 2. The van der Waals surface area contributed by atoms with Gasteiger partial charge >= 0.3 is 11.9 Å². The van der Waals surface area contributed by atoms with Crippen LogP contribution in [0.5, 0.6) is 0 Å². The molecule has 1 rings (SSSR count). The van der Waals surface area contributed by atoms with Crippen molar-refractivity contribution in [3.05, 3.63) is 0 Å². The Hall–Kier alpha value is -1.10. The molecule has 0 radical (unpaired) electrons. The lowest BCUT2D eigenvalue weighted by atomic mass is 9.86. The second-order valence-electron chi connectivity index (χ2n) is 4.05. The molecule has 1 saturated heterocycles. The first-order valence-electron chi connectivity index (χ1n) is 4.60. The molecule has 1 aliphatic heterocycles. The highest BCUT2D eigenvalue weighted by Gasteiger charge is 2.43. The monoisotopic (exact) mass is 201 g/mol. The summed E-state index contributed by atoms with van der Waals surface area (Å²) >= 11 is 0. The van der Waals surface area contributed by atoms with Gasteiger partial charge in [0.1, 0.15) is 6.04 Å². The summed E-state index contributed by atoms with van der Waals surface area (Å²) in [6, 6.07) is -0.609. The molecule has 1 aliphatic rings. The lowest BCUT2D eigenvalue weighted by Crippen LogP contribution is -2.50. The Balaban J connectivity index is 2.70. The molecule has 0 aromatic heterocycles. The zero-order valence-electron chi connectivity index (χ0n) is 8.28. The summed E-state index contributed by atoms with van der Waals surface area (Å²) < 4.78 is 0. The Labute approximate surface area is 82.1 Å². The molecular formula is C9H15NO4. The molecule has 0 aliphatic carbocycles. The average Bonchev–Trinajstić information content (AvgIpc) is 2.48. The van der Waals surface area contributed by atoms with Crippen LogP contribution in [0.15, 0.2) is 0 Å². The van der Waals surface area contributed by atoms with Crippen molar-refractivity contribution in [2.75, 3.05) is 0 Å². The second-order valence-corrected chi connectivity index (χ2v) is 4.05. The first-order chi connectivity index (χ1) is 6.37. The molecule has 80 valence electrons. The van der Waals surface area contributed by atoms with Gasteiger partial charge in [-0.25, -0.2) is 0 Å². The summed E-state index contributed by atoms with van der Waals surface area (Å²) in [4.78, 5) is 21.5. The van der Waals surface area contributed by atoms with E-state index in [2.05, 4.69) is 5.32 Å². The van der Waals surface area contributed by atoms with Crippen molar-refractivity contribution in [1.82, 2.24) is 5.32 Å². The van der Waals surface area contributed by atoms with Crippen LogP contribution in [0.2, 0.25) is 0 Å². The molecule has 3 atom stereocenters. The highest BCUT2D eigenvalue weighted by Crippen LogP contribution is 2.30. The van der Waals surface area contributed by atoms with Crippen molar-refractivity contribution in [3.63, 3.8) is 0 Å². The standard InChI is InChI=1S/C9H15NO4/c1-5(7(11)12)9(2)4-3-6(10-9)8(13)14/h5-6,10H,3-4H2,1-2H3,(H,11,12)(H,13,14)/t5?,6-,9?/m0/s1. The van der Waals surface area contributed by atoms with Crippen molar-refractivity contribution >= 4 is 11.9 Å². The maximum absolute atomic E-state index is 10.8. The lowest BCUT2D eigenvalue weighted by Gasteiger charge is -2.29. The molecule has 3 N–H and O–H groups in total. The number of hydrogen-bond donors (Lipinski definition) is 3. The number of carboxylic acids is 2. The topological polar surface area (TPSA) is 86.6 Å². The molecule has 5 heteroatoms. The summed E-state index contributed by atoms with van der Waals surface area (Å²) in [5.74, 6) is -2.38. The summed E-state index contributed by atoms with van der Waals surface area (Å²) in [6.07, 6.45) is 1.07. The van der Waals surface area contributed by atoms with Crippen LogP contribution in [0.1, 0.15) is 26.7 Å². The van der Waals surface area contributed by atoms with Crippen LogP contribution in [0.25, 0.3) is 0 Å². The lowest BCUT2D eigenvalue weighted by molar-refractivity contribution is -0.145. The zero-order valence-corrected chi connectivity index (χ0v) is 8.28.